The van der Waals surface area contributed by atoms with Crippen LogP contribution in [0, 0.1) is 6.92 Å². The number of H-pyrrole nitrogens is 1. The van der Waals surface area contributed by atoms with E-state index in [-0.39, 0.29) is 29.0 Å². The monoisotopic (exact) mass is 532 g/mol. The van der Waals surface area contributed by atoms with Crippen LogP contribution in [0.15, 0.2) is 66.9 Å². The van der Waals surface area contributed by atoms with Gasteiger partial charge in [0.15, 0.2) is 0 Å². The Morgan fingerprint density at radius 3 is 2.59 bits per heavy atom. The number of para-hydroxylation sites is 2. The smallest absolute Gasteiger partial charge is 0.387 e. The van der Waals surface area contributed by atoms with E-state index < -0.39 is 6.61 Å². The summed E-state index contributed by atoms with van der Waals surface area (Å²) < 4.78 is 30.2. The third-order valence-electron chi connectivity index (χ3n) is 7.17. The second-order valence-corrected chi connectivity index (χ2v) is 9.69. The van der Waals surface area contributed by atoms with E-state index in [4.69, 9.17) is 4.98 Å². The molecule has 2 aromatic carbocycles. The van der Waals surface area contributed by atoms with E-state index in [1.165, 1.54) is 12.1 Å². The zero-order valence-electron chi connectivity index (χ0n) is 21.6. The highest BCUT2D eigenvalue weighted by atomic mass is 19.3. The van der Waals surface area contributed by atoms with E-state index in [9.17, 15) is 18.4 Å². The molecule has 3 heterocycles. The Labute approximate surface area is 225 Å². The number of rotatable bonds is 8. The number of carbonyl (C=O) groups is 2. The maximum Gasteiger partial charge on any atom is 0.387 e. The highest BCUT2D eigenvalue weighted by Gasteiger charge is 2.29. The van der Waals surface area contributed by atoms with Gasteiger partial charge in [-0.05, 0) is 62.1 Å². The number of amides is 2. The van der Waals surface area contributed by atoms with E-state index >= 15 is 0 Å². The van der Waals surface area contributed by atoms with Gasteiger partial charge in [0.25, 0.3) is 11.8 Å². The van der Waals surface area contributed by atoms with E-state index in [0.29, 0.717) is 44.5 Å². The van der Waals surface area contributed by atoms with Crippen LogP contribution in [0.2, 0.25) is 0 Å². The zero-order valence-corrected chi connectivity index (χ0v) is 21.6. The fourth-order valence-electron chi connectivity index (χ4n) is 5.19. The van der Waals surface area contributed by atoms with Gasteiger partial charge in [-0.25, -0.2) is 0 Å². The number of carbonyl (C=O) groups excluding carboxylic acids is 2. The second kappa shape index (κ2) is 11.6. The number of halogens is 2. The fraction of sp³-hybridized carbons (Fsp3) is 0.300. The van der Waals surface area contributed by atoms with E-state index in [1.807, 2.05) is 43.5 Å². The molecule has 5 rings (SSSR count). The molecule has 1 saturated heterocycles. The molecular formula is C30H30F2N4O3. The molecule has 0 unspecified atom stereocenters. The lowest BCUT2D eigenvalue weighted by atomic mass is 9.89. The normalized spacial score (nSPS) is 14.1. The third-order valence-corrected chi connectivity index (χ3v) is 7.17. The summed E-state index contributed by atoms with van der Waals surface area (Å²) in [6, 6.07) is 17.7. The van der Waals surface area contributed by atoms with Gasteiger partial charge in [0.2, 0.25) is 0 Å². The van der Waals surface area contributed by atoms with Gasteiger partial charge in [-0.2, -0.15) is 8.78 Å². The molecule has 39 heavy (non-hydrogen) atoms. The highest BCUT2D eigenvalue weighted by Crippen LogP contribution is 2.31. The number of piperidine rings is 1. The minimum atomic E-state index is -3.01. The predicted molar refractivity (Wildman–Crippen MR) is 144 cm³/mol. The number of hydrogen-bond acceptors (Lipinski definition) is 4. The Balaban J connectivity index is 1.23. The summed E-state index contributed by atoms with van der Waals surface area (Å²) in [5.41, 5.74) is 4.41. The average molecular weight is 533 g/mol. The first-order chi connectivity index (χ1) is 18.9. The van der Waals surface area contributed by atoms with Gasteiger partial charge in [-0.15, -0.1) is 0 Å². The molecule has 7 nitrogen and oxygen atoms in total. The number of ether oxygens (including phenoxy) is 1. The van der Waals surface area contributed by atoms with E-state index in [0.717, 1.165) is 27.9 Å². The molecule has 0 saturated carbocycles. The van der Waals surface area contributed by atoms with Crippen LogP contribution < -0.4 is 10.1 Å². The maximum atomic E-state index is 13.2. The Bertz CT molecular complexity index is 1480. The number of hydrogen-bond donors (Lipinski definition) is 2. The second-order valence-electron chi connectivity index (χ2n) is 9.69. The molecule has 0 aliphatic carbocycles. The van der Waals surface area contributed by atoms with Gasteiger partial charge in [0.1, 0.15) is 5.75 Å². The molecule has 2 aromatic heterocycles. The first-order valence-electron chi connectivity index (χ1n) is 13.0. The van der Waals surface area contributed by atoms with Crippen LogP contribution in [0.5, 0.6) is 5.75 Å². The summed E-state index contributed by atoms with van der Waals surface area (Å²) in [4.78, 5) is 35.9. The van der Waals surface area contributed by atoms with Crippen molar-refractivity contribution in [3.05, 3.63) is 94.9 Å². The molecule has 0 atom stereocenters. The first kappa shape index (κ1) is 26.3. The highest BCUT2D eigenvalue weighted by molar-refractivity contribution is 5.97. The topological polar surface area (TPSA) is 87.3 Å². The van der Waals surface area contributed by atoms with Crippen molar-refractivity contribution >= 4 is 22.7 Å². The molecule has 1 fully saturated rings. The Kier molecular flexibility index (Phi) is 7.86. The van der Waals surface area contributed by atoms with Crippen LogP contribution in [-0.4, -0.2) is 52.9 Å². The van der Waals surface area contributed by atoms with Crippen molar-refractivity contribution in [3.8, 4) is 5.75 Å². The van der Waals surface area contributed by atoms with Gasteiger partial charge in [-0.3, -0.25) is 14.6 Å². The van der Waals surface area contributed by atoms with Crippen LogP contribution in [-0.2, 0) is 6.42 Å². The summed E-state index contributed by atoms with van der Waals surface area (Å²) in [5, 5.41) is 4.19. The van der Waals surface area contributed by atoms with Crippen LogP contribution >= 0.6 is 0 Å². The lowest BCUT2D eigenvalue weighted by molar-refractivity contribution is -0.0503. The van der Waals surface area contributed by atoms with E-state index in [2.05, 4.69) is 21.1 Å². The Morgan fingerprint density at radius 1 is 1.05 bits per heavy atom. The number of benzene rings is 2. The van der Waals surface area contributed by atoms with Crippen molar-refractivity contribution in [1.29, 1.82) is 0 Å². The van der Waals surface area contributed by atoms with Crippen molar-refractivity contribution in [1.82, 2.24) is 20.2 Å². The summed E-state index contributed by atoms with van der Waals surface area (Å²) in [6.45, 7) is 0.207. The van der Waals surface area contributed by atoms with Crippen molar-refractivity contribution < 1.29 is 23.1 Å². The molecule has 0 spiro atoms. The predicted octanol–water partition coefficient (Wildman–Crippen LogP) is 5.47. The van der Waals surface area contributed by atoms with Gasteiger partial charge in [0, 0.05) is 48.3 Å². The summed E-state index contributed by atoms with van der Waals surface area (Å²) in [6.07, 6.45) is 3.88. The zero-order chi connectivity index (χ0) is 27.4. The SMILES string of the molecule is Cc1ccc(C(=O)NCCc2c[nH]c3ccccc23)c(C2CCN(C(=O)c3ccccc3OC(F)F)CC2)n1. The number of fused-ring (bicyclic) bond motifs is 1. The van der Waals surface area contributed by atoms with E-state index in [1.54, 1.807) is 17.0 Å². The number of nitrogens with zero attached hydrogens (tertiary/aromatic N) is 2. The van der Waals surface area contributed by atoms with Crippen molar-refractivity contribution in [3.63, 3.8) is 0 Å². The van der Waals surface area contributed by atoms with Crippen LogP contribution in [0.25, 0.3) is 10.9 Å². The molecule has 0 bridgehead atoms. The van der Waals surface area contributed by atoms with Crippen molar-refractivity contribution in [2.75, 3.05) is 19.6 Å². The quantitative estimate of drug-likeness (QED) is 0.315. The van der Waals surface area contributed by atoms with Gasteiger partial charge < -0.3 is 19.9 Å². The summed E-state index contributed by atoms with van der Waals surface area (Å²) in [7, 11) is 0. The number of likely N-dealkylation sites (tertiary alicyclic amines) is 1. The molecule has 1 aliphatic heterocycles. The summed E-state index contributed by atoms with van der Waals surface area (Å²) >= 11 is 0. The minimum absolute atomic E-state index is 0.00382. The average Bonchev–Trinajstić information content (AvgIpc) is 3.35. The van der Waals surface area contributed by atoms with Crippen LogP contribution in [0.3, 0.4) is 0 Å². The van der Waals surface area contributed by atoms with Crippen molar-refractivity contribution in [2.45, 2.75) is 38.7 Å². The van der Waals surface area contributed by atoms with Crippen molar-refractivity contribution in [2.24, 2.45) is 0 Å². The number of aromatic nitrogens is 2. The van der Waals surface area contributed by atoms with Gasteiger partial charge in [0.05, 0.1) is 16.8 Å². The summed E-state index contributed by atoms with van der Waals surface area (Å²) in [5.74, 6) is -0.659. The molecule has 4 aromatic rings. The first-order valence-corrected chi connectivity index (χ1v) is 13.0. The molecule has 202 valence electrons. The number of nitrogens with one attached hydrogen (secondary N) is 2. The minimum Gasteiger partial charge on any atom is -0.434 e. The van der Waals surface area contributed by atoms with Gasteiger partial charge in [-0.1, -0.05) is 30.3 Å². The molecule has 9 heteroatoms. The molecule has 1 aliphatic rings. The lowest BCUT2D eigenvalue weighted by Crippen LogP contribution is -2.39. The lowest BCUT2D eigenvalue weighted by Gasteiger charge is -2.32. The third kappa shape index (κ3) is 5.92. The molecule has 2 amide bonds. The van der Waals surface area contributed by atoms with Gasteiger partial charge >= 0.3 is 6.61 Å². The standard InChI is InChI=1S/C30H30F2N4O3/c1-19-10-11-24(28(37)33-15-12-21-18-34-25-8-4-2-6-22(21)25)27(35-19)20-13-16-36(17-14-20)29(38)23-7-3-5-9-26(23)39-30(31)32/h2-11,18,20,30,34H,12-17H2,1H3,(H,33,37). The van der Waals surface area contributed by atoms with Crippen LogP contribution in [0.1, 0.15) is 56.4 Å². The maximum absolute atomic E-state index is 13.2. The Hall–Kier alpha value is -4.27. The molecule has 2 N–H and O–H groups in total. The fourth-order valence-corrected chi connectivity index (χ4v) is 5.19. The Morgan fingerprint density at radius 2 is 1.79 bits per heavy atom. The number of aromatic amines is 1. The largest absolute Gasteiger partial charge is 0.434 e. The number of pyridine rings is 1. The van der Waals surface area contributed by atoms with Crippen LogP contribution in [0.4, 0.5) is 8.78 Å². The number of aryl methyl sites for hydroxylation is 1. The number of alkyl halides is 2. The molecular weight excluding hydrogens is 502 g/mol. The molecule has 0 radical (unpaired) electrons.